The van der Waals surface area contributed by atoms with E-state index in [9.17, 15) is 4.79 Å². The molecule has 1 aromatic heterocycles. The minimum absolute atomic E-state index is 0.0255. The number of carbonyl (C=O) groups is 1. The quantitative estimate of drug-likeness (QED) is 0.784. The normalized spacial score (nSPS) is 24.1. The Hall–Kier alpha value is -1.42. The van der Waals surface area contributed by atoms with E-state index in [0.717, 1.165) is 51.7 Å². The van der Waals surface area contributed by atoms with Gasteiger partial charge in [-0.1, -0.05) is 13.8 Å². The maximum atomic E-state index is 12.1. The molecule has 0 N–H and O–H groups in total. The van der Waals surface area contributed by atoms with E-state index >= 15 is 0 Å². The summed E-state index contributed by atoms with van der Waals surface area (Å²) in [5, 5.41) is 0. The lowest BCUT2D eigenvalue weighted by molar-refractivity contribution is -0.149. The predicted molar refractivity (Wildman–Crippen MR) is 85.3 cm³/mol. The summed E-state index contributed by atoms with van der Waals surface area (Å²) in [4.78, 5) is 18.8. The van der Waals surface area contributed by atoms with Gasteiger partial charge in [-0.15, -0.1) is 0 Å². The van der Waals surface area contributed by atoms with Gasteiger partial charge >= 0.3 is 5.97 Å². The smallest absolute Gasteiger partial charge is 0.312 e. The Morgan fingerprint density at radius 3 is 2.91 bits per heavy atom. The van der Waals surface area contributed by atoms with Crippen molar-refractivity contribution in [3.8, 4) is 0 Å². The maximum Gasteiger partial charge on any atom is 0.312 e. The van der Waals surface area contributed by atoms with Gasteiger partial charge in [0.25, 0.3) is 0 Å². The van der Waals surface area contributed by atoms with E-state index in [1.54, 1.807) is 0 Å². The third kappa shape index (κ3) is 2.89. The Bertz CT molecular complexity index is 540. The van der Waals surface area contributed by atoms with Crippen LogP contribution < -0.4 is 0 Å². The fourth-order valence-electron chi connectivity index (χ4n) is 3.78. The van der Waals surface area contributed by atoms with E-state index in [4.69, 9.17) is 4.74 Å². The average Bonchev–Trinajstić information content (AvgIpc) is 2.89. The molecule has 4 nitrogen and oxygen atoms in total. The molecule has 0 aromatic carbocycles. The molecule has 2 aliphatic rings. The molecule has 0 bridgehead atoms. The van der Waals surface area contributed by atoms with E-state index in [1.807, 2.05) is 12.4 Å². The Balaban J connectivity index is 1.53. The van der Waals surface area contributed by atoms with Crippen LogP contribution in [0.2, 0.25) is 0 Å². The van der Waals surface area contributed by atoms with Crippen molar-refractivity contribution in [2.45, 2.75) is 58.6 Å². The lowest BCUT2D eigenvalue weighted by atomic mass is 9.79. The summed E-state index contributed by atoms with van der Waals surface area (Å²) in [6.45, 7) is 7.27. The monoisotopic (exact) mass is 302 g/mol. The molecule has 4 heteroatoms. The molecule has 1 atom stereocenters. The topological polar surface area (TPSA) is 42.4 Å². The molecule has 22 heavy (non-hydrogen) atoms. The van der Waals surface area contributed by atoms with Crippen LogP contribution in [0.3, 0.4) is 0 Å². The Kier molecular flexibility index (Phi) is 4.48. The second-order valence-corrected chi connectivity index (χ2v) is 6.68. The van der Waals surface area contributed by atoms with Crippen molar-refractivity contribution in [3.05, 3.63) is 29.6 Å². The SMILES string of the molecule is CCC1(CC)CC(CCN2CCc3cnccc3C2)OC1=O. The maximum absolute atomic E-state index is 12.1. The van der Waals surface area contributed by atoms with Crippen LogP contribution in [0.5, 0.6) is 0 Å². The number of cyclic esters (lactones) is 1. The fourth-order valence-corrected chi connectivity index (χ4v) is 3.78. The first-order chi connectivity index (χ1) is 10.7. The Labute approximate surface area is 132 Å². The highest BCUT2D eigenvalue weighted by Crippen LogP contribution is 2.41. The number of rotatable bonds is 5. The van der Waals surface area contributed by atoms with Gasteiger partial charge in [0, 0.05) is 38.4 Å². The number of nitrogens with zero attached hydrogens (tertiary/aromatic N) is 2. The molecule has 3 heterocycles. The first-order valence-electron chi connectivity index (χ1n) is 8.52. The van der Waals surface area contributed by atoms with Gasteiger partial charge in [-0.25, -0.2) is 0 Å². The van der Waals surface area contributed by atoms with Crippen molar-refractivity contribution in [2.75, 3.05) is 13.1 Å². The van der Waals surface area contributed by atoms with Crippen molar-refractivity contribution in [2.24, 2.45) is 5.41 Å². The van der Waals surface area contributed by atoms with Gasteiger partial charge in [-0.2, -0.15) is 0 Å². The zero-order valence-electron chi connectivity index (χ0n) is 13.7. The number of carbonyl (C=O) groups excluding carboxylic acids is 1. The molecule has 1 unspecified atom stereocenters. The highest BCUT2D eigenvalue weighted by atomic mass is 16.6. The zero-order valence-corrected chi connectivity index (χ0v) is 13.7. The number of hydrogen-bond acceptors (Lipinski definition) is 4. The summed E-state index contributed by atoms with van der Waals surface area (Å²) in [5.41, 5.74) is 2.55. The average molecular weight is 302 g/mol. The van der Waals surface area contributed by atoms with E-state index in [0.29, 0.717) is 0 Å². The molecule has 0 radical (unpaired) electrons. The highest BCUT2D eigenvalue weighted by molar-refractivity contribution is 5.78. The lowest BCUT2D eigenvalue weighted by Gasteiger charge is -2.29. The van der Waals surface area contributed by atoms with Crippen LogP contribution in [0, 0.1) is 5.41 Å². The zero-order chi connectivity index (χ0) is 15.6. The molecular formula is C18H26N2O2. The van der Waals surface area contributed by atoms with Crippen LogP contribution in [0.15, 0.2) is 18.5 Å². The number of hydrogen-bond donors (Lipinski definition) is 0. The predicted octanol–water partition coefficient (Wildman–Crippen LogP) is 2.95. The van der Waals surface area contributed by atoms with Crippen LogP contribution in [0.4, 0.5) is 0 Å². The molecule has 120 valence electrons. The van der Waals surface area contributed by atoms with E-state index < -0.39 is 0 Å². The van der Waals surface area contributed by atoms with Crippen LogP contribution in [0.1, 0.15) is 50.7 Å². The van der Waals surface area contributed by atoms with Gasteiger partial charge in [0.15, 0.2) is 0 Å². The molecule has 0 aliphatic carbocycles. The first kappa shape index (κ1) is 15.5. The van der Waals surface area contributed by atoms with Gasteiger partial charge < -0.3 is 4.74 Å². The molecule has 3 rings (SSSR count). The van der Waals surface area contributed by atoms with Crippen molar-refractivity contribution in [3.63, 3.8) is 0 Å². The van der Waals surface area contributed by atoms with Crippen molar-refractivity contribution < 1.29 is 9.53 Å². The highest BCUT2D eigenvalue weighted by Gasteiger charge is 2.46. The fraction of sp³-hybridized carbons (Fsp3) is 0.667. The minimum Gasteiger partial charge on any atom is -0.462 e. The van der Waals surface area contributed by atoms with Crippen molar-refractivity contribution in [1.29, 1.82) is 0 Å². The number of esters is 1. The molecule has 1 saturated heterocycles. The number of pyridine rings is 1. The summed E-state index contributed by atoms with van der Waals surface area (Å²) in [6.07, 6.45) is 8.67. The van der Waals surface area contributed by atoms with Crippen LogP contribution in [-0.4, -0.2) is 35.0 Å². The molecule has 1 fully saturated rings. The van der Waals surface area contributed by atoms with Crippen LogP contribution in [-0.2, 0) is 22.5 Å². The largest absolute Gasteiger partial charge is 0.462 e. The Morgan fingerprint density at radius 1 is 1.36 bits per heavy atom. The third-order valence-electron chi connectivity index (χ3n) is 5.54. The van der Waals surface area contributed by atoms with Gasteiger partial charge in [0.2, 0.25) is 0 Å². The molecule has 0 saturated carbocycles. The van der Waals surface area contributed by atoms with Gasteiger partial charge in [0.05, 0.1) is 5.41 Å². The third-order valence-corrected chi connectivity index (χ3v) is 5.54. The van der Waals surface area contributed by atoms with Crippen LogP contribution in [0.25, 0.3) is 0 Å². The number of fused-ring (bicyclic) bond motifs is 1. The number of aromatic nitrogens is 1. The van der Waals surface area contributed by atoms with Crippen LogP contribution >= 0.6 is 0 Å². The molecular weight excluding hydrogens is 276 g/mol. The summed E-state index contributed by atoms with van der Waals surface area (Å²) in [7, 11) is 0. The van der Waals surface area contributed by atoms with Gasteiger partial charge in [0.1, 0.15) is 6.10 Å². The second-order valence-electron chi connectivity index (χ2n) is 6.68. The van der Waals surface area contributed by atoms with Gasteiger partial charge in [-0.3, -0.25) is 14.7 Å². The number of ether oxygens (including phenoxy) is 1. The van der Waals surface area contributed by atoms with E-state index in [1.165, 1.54) is 11.1 Å². The van der Waals surface area contributed by atoms with Crippen molar-refractivity contribution in [1.82, 2.24) is 9.88 Å². The molecule has 0 spiro atoms. The lowest BCUT2D eigenvalue weighted by Crippen LogP contribution is -2.33. The van der Waals surface area contributed by atoms with E-state index in [2.05, 4.69) is 29.8 Å². The molecule has 1 aromatic rings. The van der Waals surface area contributed by atoms with Gasteiger partial charge in [-0.05, 0) is 42.9 Å². The summed E-state index contributed by atoms with van der Waals surface area (Å²) in [5.74, 6) is 0.0255. The minimum atomic E-state index is -0.217. The summed E-state index contributed by atoms with van der Waals surface area (Å²) < 4.78 is 5.64. The standard InChI is InChI=1S/C18H26N2O2/c1-3-18(4-2)11-16(22-17(18)21)7-10-20-9-6-14-12-19-8-5-15(14)13-20/h5,8,12,16H,3-4,6-7,9-11,13H2,1-2H3. The molecule has 2 aliphatic heterocycles. The Morgan fingerprint density at radius 2 is 2.18 bits per heavy atom. The first-order valence-corrected chi connectivity index (χ1v) is 8.52. The molecule has 0 amide bonds. The second kappa shape index (κ2) is 6.37. The van der Waals surface area contributed by atoms with Crippen molar-refractivity contribution >= 4 is 5.97 Å². The van der Waals surface area contributed by atoms with E-state index in [-0.39, 0.29) is 17.5 Å². The summed E-state index contributed by atoms with van der Waals surface area (Å²) >= 11 is 0. The summed E-state index contributed by atoms with van der Waals surface area (Å²) in [6, 6.07) is 2.12.